The second kappa shape index (κ2) is 7.84. The third kappa shape index (κ3) is 4.39. The first-order chi connectivity index (χ1) is 13.6. The van der Waals surface area contributed by atoms with Crippen molar-refractivity contribution in [1.29, 1.82) is 0 Å². The number of carbonyl (C=O) groups excluding carboxylic acids is 3. The second-order valence-electron chi connectivity index (χ2n) is 7.40. The van der Waals surface area contributed by atoms with Gasteiger partial charge in [-0.2, -0.15) is 0 Å². The first-order valence-electron chi connectivity index (χ1n) is 9.67. The van der Waals surface area contributed by atoms with E-state index in [1.54, 1.807) is 36.4 Å². The maximum absolute atomic E-state index is 12.5. The first kappa shape index (κ1) is 18.2. The van der Waals surface area contributed by atoms with Gasteiger partial charge in [-0.3, -0.25) is 14.4 Å². The first-order valence-corrected chi connectivity index (χ1v) is 9.67. The van der Waals surface area contributed by atoms with E-state index < -0.39 is 0 Å². The van der Waals surface area contributed by atoms with E-state index in [4.69, 9.17) is 0 Å². The third-order valence-electron chi connectivity index (χ3n) is 5.06. The molecule has 6 nitrogen and oxygen atoms in total. The SMILES string of the molecule is O=C(Nc1cccc(C(=O)NC2CC2)c1)c1ccc(CN2CCCC2=O)cc1. The molecule has 0 bridgehead atoms. The van der Waals surface area contributed by atoms with Crippen LogP contribution in [0.2, 0.25) is 0 Å². The average Bonchev–Trinajstić information content (AvgIpc) is 3.43. The van der Waals surface area contributed by atoms with Crippen molar-refractivity contribution < 1.29 is 14.4 Å². The molecule has 4 rings (SSSR count). The molecule has 0 aromatic heterocycles. The molecule has 2 aliphatic rings. The van der Waals surface area contributed by atoms with E-state index in [-0.39, 0.29) is 17.7 Å². The van der Waals surface area contributed by atoms with Crippen LogP contribution in [-0.4, -0.2) is 35.2 Å². The molecule has 28 heavy (non-hydrogen) atoms. The molecule has 1 aliphatic carbocycles. The van der Waals surface area contributed by atoms with Crippen LogP contribution >= 0.6 is 0 Å². The number of benzene rings is 2. The molecular formula is C22H23N3O3. The Balaban J connectivity index is 1.38. The molecule has 1 saturated heterocycles. The summed E-state index contributed by atoms with van der Waals surface area (Å²) >= 11 is 0. The van der Waals surface area contributed by atoms with E-state index >= 15 is 0 Å². The van der Waals surface area contributed by atoms with Gasteiger partial charge in [0.1, 0.15) is 0 Å². The summed E-state index contributed by atoms with van der Waals surface area (Å²) in [7, 11) is 0. The summed E-state index contributed by atoms with van der Waals surface area (Å²) in [5, 5.41) is 5.78. The molecule has 2 aromatic carbocycles. The van der Waals surface area contributed by atoms with E-state index in [1.165, 1.54) is 0 Å². The number of rotatable bonds is 6. The van der Waals surface area contributed by atoms with Gasteiger partial charge in [0.2, 0.25) is 5.91 Å². The van der Waals surface area contributed by atoms with Gasteiger partial charge in [0.15, 0.2) is 0 Å². The van der Waals surface area contributed by atoms with Crippen LogP contribution < -0.4 is 10.6 Å². The summed E-state index contributed by atoms with van der Waals surface area (Å²) in [5.74, 6) is -0.157. The number of nitrogens with zero attached hydrogens (tertiary/aromatic N) is 1. The topological polar surface area (TPSA) is 78.5 Å². The lowest BCUT2D eigenvalue weighted by Gasteiger charge is -2.15. The minimum atomic E-state index is -0.233. The number of hydrogen-bond acceptors (Lipinski definition) is 3. The fraction of sp³-hybridized carbons (Fsp3) is 0.318. The van der Waals surface area contributed by atoms with Crippen LogP contribution in [0.1, 0.15) is 52.0 Å². The van der Waals surface area contributed by atoms with Gasteiger partial charge < -0.3 is 15.5 Å². The minimum Gasteiger partial charge on any atom is -0.349 e. The van der Waals surface area contributed by atoms with Crippen molar-refractivity contribution >= 4 is 23.4 Å². The van der Waals surface area contributed by atoms with Crippen molar-refractivity contribution in [3.8, 4) is 0 Å². The van der Waals surface area contributed by atoms with Gasteiger partial charge in [0.25, 0.3) is 11.8 Å². The molecule has 2 fully saturated rings. The normalized spacial score (nSPS) is 16.1. The van der Waals surface area contributed by atoms with E-state index in [1.807, 2.05) is 17.0 Å². The van der Waals surface area contributed by atoms with Gasteiger partial charge in [0, 0.05) is 42.4 Å². The Morgan fingerprint density at radius 1 is 1.00 bits per heavy atom. The Kier molecular flexibility index (Phi) is 5.10. The van der Waals surface area contributed by atoms with Crippen molar-refractivity contribution in [2.75, 3.05) is 11.9 Å². The number of likely N-dealkylation sites (tertiary alicyclic amines) is 1. The monoisotopic (exact) mass is 377 g/mol. The van der Waals surface area contributed by atoms with Crippen LogP contribution in [0.4, 0.5) is 5.69 Å². The van der Waals surface area contributed by atoms with Crippen molar-refractivity contribution in [2.24, 2.45) is 0 Å². The summed E-state index contributed by atoms with van der Waals surface area (Å²) in [6, 6.07) is 14.5. The number of anilines is 1. The molecule has 0 atom stereocenters. The van der Waals surface area contributed by atoms with Crippen LogP contribution in [0.25, 0.3) is 0 Å². The quantitative estimate of drug-likeness (QED) is 0.812. The Labute approximate surface area is 163 Å². The van der Waals surface area contributed by atoms with Crippen molar-refractivity contribution in [3.63, 3.8) is 0 Å². The Hall–Kier alpha value is -3.15. The van der Waals surface area contributed by atoms with Crippen molar-refractivity contribution in [3.05, 3.63) is 65.2 Å². The Morgan fingerprint density at radius 2 is 1.79 bits per heavy atom. The van der Waals surface area contributed by atoms with Crippen molar-refractivity contribution in [1.82, 2.24) is 10.2 Å². The third-order valence-corrected chi connectivity index (χ3v) is 5.06. The summed E-state index contributed by atoms with van der Waals surface area (Å²) in [6.45, 7) is 1.38. The van der Waals surface area contributed by atoms with Crippen LogP contribution in [0.15, 0.2) is 48.5 Å². The zero-order valence-electron chi connectivity index (χ0n) is 15.6. The van der Waals surface area contributed by atoms with Crippen LogP contribution in [0, 0.1) is 0 Å². The zero-order valence-corrected chi connectivity index (χ0v) is 15.6. The molecular weight excluding hydrogens is 354 g/mol. The molecule has 3 amide bonds. The van der Waals surface area contributed by atoms with E-state index in [9.17, 15) is 14.4 Å². The predicted molar refractivity (Wildman–Crippen MR) is 106 cm³/mol. The lowest BCUT2D eigenvalue weighted by Crippen LogP contribution is -2.25. The highest BCUT2D eigenvalue weighted by Gasteiger charge is 2.24. The Morgan fingerprint density at radius 3 is 2.46 bits per heavy atom. The smallest absolute Gasteiger partial charge is 0.255 e. The molecule has 1 saturated carbocycles. The van der Waals surface area contributed by atoms with Crippen LogP contribution in [0.5, 0.6) is 0 Å². The molecule has 1 heterocycles. The highest BCUT2D eigenvalue weighted by molar-refractivity contribution is 6.05. The average molecular weight is 377 g/mol. The lowest BCUT2D eigenvalue weighted by molar-refractivity contribution is -0.128. The number of amides is 3. The largest absolute Gasteiger partial charge is 0.349 e. The number of carbonyl (C=O) groups is 3. The van der Waals surface area contributed by atoms with Gasteiger partial charge >= 0.3 is 0 Å². The van der Waals surface area contributed by atoms with Gasteiger partial charge in [-0.15, -0.1) is 0 Å². The summed E-state index contributed by atoms with van der Waals surface area (Å²) < 4.78 is 0. The zero-order chi connectivity index (χ0) is 19.5. The van der Waals surface area contributed by atoms with Gasteiger partial charge in [-0.25, -0.2) is 0 Å². The van der Waals surface area contributed by atoms with Gasteiger partial charge in [-0.1, -0.05) is 18.2 Å². The summed E-state index contributed by atoms with van der Waals surface area (Å²) in [4.78, 5) is 38.2. The molecule has 1 aliphatic heterocycles. The number of nitrogens with one attached hydrogen (secondary N) is 2. The maximum atomic E-state index is 12.5. The highest BCUT2D eigenvalue weighted by Crippen LogP contribution is 2.20. The van der Waals surface area contributed by atoms with E-state index in [2.05, 4.69) is 10.6 Å². The predicted octanol–water partition coefficient (Wildman–Crippen LogP) is 2.95. The summed E-state index contributed by atoms with van der Waals surface area (Å²) in [5.41, 5.74) is 2.66. The molecule has 144 valence electrons. The minimum absolute atomic E-state index is 0.112. The highest BCUT2D eigenvalue weighted by atomic mass is 16.2. The molecule has 0 spiro atoms. The Bertz CT molecular complexity index is 903. The molecule has 0 unspecified atom stereocenters. The molecule has 0 radical (unpaired) electrons. The van der Waals surface area contributed by atoms with E-state index in [0.717, 1.165) is 31.4 Å². The molecule has 2 aromatic rings. The lowest BCUT2D eigenvalue weighted by atomic mass is 10.1. The van der Waals surface area contributed by atoms with Crippen LogP contribution in [-0.2, 0) is 11.3 Å². The van der Waals surface area contributed by atoms with E-state index in [0.29, 0.717) is 35.8 Å². The standard InChI is InChI=1S/C22H23N3O3/c26-20-5-2-12-25(20)14-15-6-8-16(9-7-15)21(27)24-19-4-1-3-17(13-19)22(28)23-18-10-11-18/h1,3-4,6-9,13,18H,2,5,10-12,14H2,(H,23,28)(H,24,27). The number of hydrogen-bond donors (Lipinski definition) is 2. The maximum Gasteiger partial charge on any atom is 0.255 e. The fourth-order valence-electron chi connectivity index (χ4n) is 3.29. The molecule has 6 heteroatoms. The summed E-state index contributed by atoms with van der Waals surface area (Å²) in [6.07, 6.45) is 3.60. The second-order valence-corrected chi connectivity index (χ2v) is 7.40. The van der Waals surface area contributed by atoms with Gasteiger partial charge in [0.05, 0.1) is 0 Å². The van der Waals surface area contributed by atoms with Crippen LogP contribution in [0.3, 0.4) is 0 Å². The fourth-order valence-corrected chi connectivity index (χ4v) is 3.29. The van der Waals surface area contributed by atoms with Crippen molar-refractivity contribution in [2.45, 2.75) is 38.3 Å². The van der Waals surface area contributed by atoms with Gasteiger partial charge in [-0.05, 0) is 55.2 Å². The molecule has 2 N–H and O–H groups in total.